The molecule has 1 N–H and O–H groups in total. The van der Waals surface area contributed by atoms with Gasteiger partial charge in [-0.2, -0.15) is 5.10 Å². The molecule has 0 radical (unpaired) electrons. The lowest BCUT2D eigenvalue weighted by atomic mass is 9.92. The minimum Gasteiger partial charge on any atom is -0.337 e. The van der Waals surface area contributed by atoms with E-state index in [9.17, 15) is 13.2 Å². The summed E-state index contributed by atoms with van der Waals surface area (Å²) in [6, 6.07) is 4.86. The Labute approximate surface area is 181 Å². The Bertz CT molecular complexity index is 1240. The number of rotatable bonds is 5. The largest absolute Gasteiger partial charge is 0.337 e. The van der Waals surface area contributed by atoms with Crippen molar-refractivity contribution in [2.75, 3.05) is 0 Å². The zero-order chi connectivity index (χ0) is 22.3. The maximum absolute atomic E-state index is 12.6. The summed E-state index contributed by atoms with van der Waals surface area (Å²) in [4.78, 5) is 16.6. The number of nitrogens with zero attached hydrogens (tertiary/aromatic N) is 6. The zero-order valence-electron chi connectivity index (χ0n) is 18.1. The van der Waals surface area contributed by atoms with Crippen LogP contribution in [0.15, 0.2) is 34.2 Å². The topological polar surface area (TPSA) is 117 Å². The van der Waals surface area contributed by atoms with E-state index in [-0.39, 0.29) is 22.7 Å². The van der Waals surface area contributed by atoms with Crippen molar-refractivity contribution in [3.63, 3.8) is 0 Å². The summed E-state index contributed by atoms with van der Waals surface area (Å²) in [6.45, 7) is 5.61. The Balaban J connectivity index is 1.47. The van der Waals surface area contributed by atoms with Crippen LogP contribution in [0.2, 0.25) is 0 Å². The van der Waals surface area contributed by atoms with Gasteiger partial charge in [-0.3, -0.25) is 4.79 Å². The molecule has 4 rings (SSSR count). The second-order valence-corrected chi connectivity index (χ2v) is 9.84. The predicted octanol–water partition coefficient (Wildman–Crippen LogP) is 1.55. The maximum Gasteiger partial charge on any atom is 0.267 e. The van der Waals surface area contributed by atoms with Gasteiger partial charge >= 0.3 is 0 Å². The number of hydrogen-bond acceptors (Lipinski definition) is 6. The average molecular weight is 446 g/mol. The minimum atomic E-state index is -3.67. The summed E-state index contributed by atoms with van der Waals surface area (Å²) in [7, 11) is -1.91. The third-order valence-electron chi connectivity index (χ3n) is 5.76. The molecule has 3 heterocycles. The summed E-state index contributed by atoms with van der Waals surface area (Å²) < 4.78 is 33.0. The van der Waals surface area contributed by atoms with Crippen LogP contribution in [0.25, 0.3) is 5.82 Å². The molecule has 0 spiro atoms. The van der Waals surface area contributed by atoms with E-state index < -0.39 is 10.0 Å². The van der Waals surface area contributed by atoms with Crippen LogP contribution in [0, 0.1) is 20.8 Å². The molecule has 3 aromatic rings. The first-order valence-electron chi connectivity index (χ1n) is 10.3. The Hall–Kier alpha value is -2.79. The molecule has 1 aliphatic carbocycles. The molecule has 0 unspecified atom stereocenters. The van der Waals surface area contributed by atoms with E-state index in [1.807, 2.05) is 19.9 Å². The second-order valence-electron chi connectivity index (χ2n) is 8.18. The first-order chi connectivity index (χ1) is 14.6. The van der Waals surface area contributed by atoms with Gasteiger partial charge in [0.25, 0.3) is 15.6 Å². The molecule has 0 saturated heterocycles. The van der Waals surface area contributed by atoms with Crippen LogP contribution in [-0.4, -0.2) is 43.6 Å². The monoisotopic (exact) mass is 445 g/mol. The molecule has 10 nitrogen and oxygen atoms in total. The molecule has 0 aromatic carbocycles. The van der Waals surface area contributed by atoms with Crippen molar-refractivity contribution >= 4 is 10.0 Å². The number of hydrogen-bond donors (Lipinski definition) is 1. The van der Waals surface area contributed by atoms with Crippen LogP contribution in [0.5, 0.6) is 0 Å². The van der Waals surface area contributed by atoms with Crippen molar-refractivity contribution in [2.45, 2.75) is 63.6 Å². The Kier molecular flexibility index (Phi) is 5.56. The fourth-order valence-electron chi connectivity index (χ4n) is 4.02. The van der Waals surface area contributed by atoms with E-state index in [1.165, 1.54) is 16.9 Å². The summed E-state index contributed by atoms with van der Waals surface area (Å²) in [5.41, 5.74) is 1.66. The number of imidazole rings is 1. The van der Waals surface area contributed by atoms with Crippen molar-refractivity contribution in [1.82, 2.24) is 33.8 Å². The van der Waals surface area contributed by atoms with Crippen LogP contribution < -0.4 is 10.3 Å². The van der Waals surface area contributed by atoms with E-state index in [0.29, 0.717) is 37.3 Å². The molecule has 3 aromatic heterocycles. The van der Waals surface area contributed by atoms with Crippen LogP contribution in [0.4, 0.5) is 0 Å². The number of nitrogens with one attached hydrogen (secondary N) is 1. The van der Waals surface area contributed by atoms with Crippen LogP contribution in [0.3, 0.4) is 0 Å². The molecular weight excluding hydrogens is 418 g/mol. The standard InChI is InChI=1S/C20H27N7O3S/c1-13-11-14(2)26(22-13)18-9-10-20(28)27(23-18)17-7-5-16(6-8-17)24-31(29,30)19-12-25(4)15(3)21-19/h9-12,16-17,24H,5-8H2,1-4H3. The fraction of sp³-hybridized carbons (Fsp3) is 0.500. The molecule has 0 bridgehead atoms. The highest BCUT2D eigenvalue weighted by atomic mass is 32.2. The van der Waals surface area contributed by atoms with Gasteiger partial charge in [0.1, 0.15) is 5.82 Å². The highest BCUT2D eigenvalue weighted by molar-refractivity contribution is 7.89. The predicted molar refractivity (Wildman–Crippen MR) is 115 cm³/mol. The summed E-state index contributed by atoms with van der Waals surface area (Å²) in [5, 5.41) is 9.03. The fourth-order valence-corrected chi connectivity index (χ4v) is 5.37. The molecule has 1 saturated carbocycles. The highest BCUT2D eigenvalue weighted by Crippen LogP contribution is 2.28. The van der Waals surface area contributed by atoms with Gasteiger partial charge < -0.3 is 4.57 Å². The number of aromatic nitrogens is 6. The number of aryl methyl sites for hydroxylation is 4. The molecule has 11 heteroatoms. The second kappa shape index (κ2) is 8.04. The van der Waals surface area contributed by atoms with Gasteiger partial charge in [0, 0.05) is 31.0 Å². The molecular formula is C20H27N7O3S. The molecule has 0 aliphatic heterocycles. The SMILES string of the molecule is Cc1cc(C)n(-c2ccc(=O)n(C3CCC(NS(=O)(=O)c4cn(C)c(C)n4)CC3)n2)n1. The molecule has 0 atom stereocenters. The third kappa shape index (κ3) is 4.33. The lowest BCUT2D eigenvalue weighted by Gasteiger charge is -2.29. The number of sulfonamides is 1. The first kappa shape index (κ1) is 21.4. The van der Waals surface area contributed by atoms with Gasteiger partial charge in [0.2, 0.25) is 0 Å². The quantitative estimate of drug-likeness (QED) is 0.637. The van der Waals surface area contributed by atoms with Gasteiger partial charge in [0.15, 0.2) is 10.8 Å². The highest BCUT2D eigenvalue weighted by Gasteiger charge is 2.29. The minimum absolute atomic E-state index is 0.0325. The maximum atomic E-state index is 12.6. The third-order valence-corrected chi connectivity index (χ3v) is 7.15. The van der Waals surface area contributed by atoms with Gasteiger partial charge in [0.05, 0.1) is 11.7 Å². The van der Waals surface area contributed by atoms with Crippen molar-refractivity contribution in [3.8, 4) is 5.82 Å². The van der Waals surface area contributed by atoms with E-state index in [0.717, 1.165) is 11.4 Å². The van der Waals surface area contributed by atoms with Gasteiger partial charge in [-0.05, 0) is 58.6 Å². The zero-order valence-corrected chi connectivity index (χ0v) is 18.9. The van der Waals surface area contributed by atoms with E-state index >= 15 is 0 Å². The molecule has 1 fully saturated rings. The van der Waals surface area contributed by atoms with Crippen molar-refractivity contribution < 1.29 is 8.42 Å². The average Bonchev–Trinajstić information content (AvgIpc) is 3.24. The van der Waals surface area contributed by atoms with Crippen molar-refractivity contribution in [2.24, 2.45) is 7.05 Å². The smallest absolute Gasteiger partial charge is 0.267 e. The van der Waals surface area contributed by atoms with Crippen LogP contribution in [-0.2, 0) is 17.1 Å². The molecule has 0 amide bonds. The normalized spacial score (nSPS) is 19.6. The van der Waals surface area contributed by atoms with E-state index in [4.69, 9.17) is 0 Å². The summed E-state index contributed by atoms with van der Waals surface area (Å²) in [6.07, 6.45) is 4.06. The van der Waals surface area contributed by atoms with Gasteiger partial charge in [-0.15, -0.1) is 5.10 Å². The van der Waals surface area contributed by atoms with Crippen LogP contribution >= 0.6 is 0 Å². The van der Waals surface area contributed by atoms with E-state index in [2.05, 4.69) is 19.9 Å². The van der Waals surface area contributed by atoms with E-state index in [1.54, 1.807) is 29.3 Å². The van der Waals surface area contributed by atoms with Crippen LogP contribution in [0.1, 0.15) is 48.9 Å². The summed E-state index contributed by atoms with van der Waals surface area (Å²) in [5.74, 6) is 1.23. The van der Waals surface area contributed by atoms with Gasteiger partial charge in [-0.1, -0.05) is 0 Å². The van der Waals surface area contributed by atoms with Crippen molar-refractivity contribution in [1.29, 1.82) is 0 Å². The van der Waals surface area contributed by atoms with Gasteiger partial charge in [-0.25, -0.2) is 27.5 Å². The molecule has 31 heavy (non-hydrogen) atoms. The lowest BCUT2D eigenvalue weighted by molar-refractivity contribution is 0.284. The Morgan fingerprint density at radius 3 is 2.35 bits per heavy atom. The summed E-state index contributed by atoms with van der Waals surface area (Å²) >= 11 is 0. The lowest BCUT2D eigenvalue weighted by Crippen LogP contribution is -2.39. The van der Waals surface area contributed by atoms with Crippen molar-refractivity contribution in [3.05, 3.63) is 52.0 Å². The molecule has 1 aliphatic rings. The molecule has 166 valence electrons. The first-order valence-corrected chi connectivity index (χ1v) is 11.8. The Morgan fingerprint density at radius 2 is 1.77 bits per heavy atom. The Morgan fingerprint density at radius 1 is 1.06 bits per heavy atom.